The molecule has 102 valence electrons. The first kappa shape index (κ1) is 12.2. The third kappa shape index (κ3) is 2.46. The van der Waals surface area contributed by atoms with Crippen molar-refractivity contribution in [1.29, 1.82) is 0 Å². The Labute approximate surface area is 109 Å². The van der Waals surface area contributed by atoms with E-state index in [0.29, 0.717) is 12.1 Å². The molecular weight excluding hydrogens is 250 g/mol. The molecule has 19 heavy (non-hydrogen) atoms. The average Bonchev–Trinajstić information content (AvgIpc) is 2.96. The van der Waals surface area contributed by atoms with Crippen molar-refractivity contribution in [2.45, 2.75) is 43.8 Å². The minimum atomic E-state index is -0.651. The number of hydrogen-bond donors (Lipinski definition) is 2. The van der Waals surface area contributed by atoms with Crippen molar-refractivity contribution < 1.29 is 14.1 Å². The minimum absolute atomic E-state index is 0.00224. The summed E-state index contributed by atoms with van der Waals surface area (Å²) in [6, 6.07) is 3.62. The number of nitrogens with one attached hydrogen (secondary N) is 2. The van der Waals surface area contributed by atoms with Gasteiger partial charge in [0.15, 0.2) is 5.76 Å². The Hall–Kier alpha value is -1.89. The average molecular weight is 265 g/mol. The molecule has 2 aliphatic rings. The van der Waals surface area contributed by atoms with Gasteiger partial charge in [-0.25, -0.2) is 0 Å². The maximum absolute atomic E-state index is 11.9. The number of nitrogens with zero attached hydrogens (tertiary/aromatic N) is 1. The van der Waals surface area contributed by atoms with Crippen molar-refractivity contribution in [2.75, 3.05) is 0 Å². The highest BCUT2D eigenvalue weighted by molar-refractivity contribution is 5.91. The lowest BCUT2D eigenvalue weighted by molar-refractivity contribution is -0.402. The van der Waals surface area contributed by atoms with Crippen LogP contribution in [0, 0.1) is 10.1 Å². The Balaban J connectivity index is 1.62. The molecular formula is C12H15N3O4. The fraction of sp³-hybridized carbons (Fsp3) is 0.583. The van der Waals surface area contributed by atoms with Crippen molar-refractivity contribution in [3.8, 4) is 0 Å². The Morgan fingerprint density at radius 3 is 2.63 bits per heavy atom. The van der Waals surface area contributed by atoms with Gasteiger partial charge in [-0.1, -0.05) is 0 Å². The Bertz CT molecular complexity index is 501. The number of fused-ring (bicyclic) bond motifs is 2. The van der Waals surface area contributed by atoms with Crippen LogP contribution in [0.1, 0.15) is 36.2 Å². The maximum atomic E-state index is 11.9. The summed E-state index contributed by atoms with van der Waals surface area (Å²) in [4.78, 5) is 21.8. The summed E-state index contributed by atoms with van der Waals surface area (Å²) >= 11 is 0. The summed E-state index contributed by atoms with van der Waals surface area (Å²) in [6.07, 6.45) is 4.13. The van der Waals surface area contributed by atoms with Gasteiger partial charge in [0, 0.05) is 18.1 Å². The quantitative estimate of drug-likeness (QED) is 0.632. The predicted molar refractivity (Wildman–Crippen MR) is 65.8 cm³/mol. The predicted octanol–water partition coefficient (Wildman–Crippen LogP) is 1.20. The maximum Gasteiger partial charge on any atom is 0.433 e. The molecule has 0 spiro atoms. The lowest BCUT2D eigenvalue weighted by Crippen LogP contribution is -2.47. The van der Waals surface area contributed by atoms with Gasteiger partial charge >= 0.3 is 5.88 Å². The third-order valence-corrected chi connectivity index (χ3v) is 3.80. The molecule has 0 radical (unpaired) electrons. The van der Waals surface area contributed by atoms with Crippen LogP contribution < -0.4 is 10.6 Å². The summed E-state index contributed by atoms with van der Waals surface area (Å²) in [5.74, 6) is -0.785. The number of hydrogen-bond acceptors (Lipinski definition) is 5. The van der Waals surface area contributed by atoms with E-state index in [-0.39, 0.29) is 17.7 Å². The zero-order valence-corrected chi connectivity index (χ0v) is 10.3. The first-order chi connectivity index (χ1) is 9.11. The summed E-state index contributed by atoms with van der Waals surface area (Å²) in [5, 5.41) is 16.9. The zero-order valence-electron chi connectivity index (χ0n) is 10.3. The summed E-state index contributed by atoms with van der Waals surface area (Å²) in [5.41, 5.74) is 0. The molecule has 7 nitrogen and oxygen atoms in total. The second kappa shape index (κ2) is 4.65. The molecule has 0 saturated carbocycles. The molecule has 3 heterocycles. The van der Waals surface area contributed by atoms with Crippen molar-refractivity contribution in [1.82, 2.24) is 10.6 Å². The highest BCUT2D eigenvalue weighted by Gasteiger charge is 2.34. The van der Waals surface area contributed by atoms with Crippen molar-refractivity contribution in [3.05, 3.63) is 28.0 Å². The summed E-state index contributed by atoms with van der Waals surface area (Å²) < 4.78 is 4.89. The van der Waals surface area contributed by atoms with Gasteiger partial charge in [-0.15, -0.1) is 0 Å². The Morgan fingerprint density at radius 2 is 2.05 bits per heavy atom. The van der Waals surface area contributed by atoms with E-state index in [1.54, 1.807) is 0 Å². The number of carbonyl (C=O) groups excluding carboxylic acids is 1. The van der Waals surface area contributed by atoms with Crippen LogP contribution in [0.15, 0.2) is 16.5 Å². The fourth-order valence-corrected chi connectivity index (χ4v) is 2.98. The molecule has 1 amide bonds. The molecule has 1 aromatic heterocycles. The largest absolute Gasteiger partial charge is 0.433 e. The minimum Gasteiger partial charge on any atom is -0.395 e. The molecule has 2 bridgehead atoms. The number of rotatable bonds is 3. The van der Waals surface area contributed by atoms with Crippen LogP contribution in [0.3, 0.4) is 0 Å². The van der Waals surface area contributed by atoms with Crippen LogP contribution in [0.5, 0.6) is 0 Å². The second-order valence-electron chi connectivity index (χ2n) is 5.17. The number of furan rings is 1. The lowest BCUT2D eigenvalue weighted by atomic mass is 10.00. The summed E-state index contributed by atoms with van der Waals surface area (Å²) in [6.45, 7) is 0. The van der Waals surface area contributed by atoms with E-state index in [2.05, 4.69) is 10.6 Å². The van der Waals surface area contributed by atoms with Gasteiger partial charge in [-0.3, -0.25) is 14.9 Å². The number of amides is 1. The smallest absolute Gasteiger partial charge is 0.395 e. The van der Waals surface area contributed by atoms with Crippen LogP contribution in [-0.2, 0) is 0 Å². The highest BCUT2D eigenvalue weighted by Crippen LogP contribution is 2.27. The SMILES string of the molecule is O=C(NC1CC2CCC(C1)N2)c1ccc([N+](=O)[O-])o1. The number of nitro groups is 1. The van der Waals surface area contributed by atoms with E-state index in [1.807, 2.05) is 0 Å². The highest BCUT2D eigenvalue weighted by atomic mass is 16.6. The fourth-order valence-electron chi connectivity index (χ4n) is 2.98. The van der Waals surface area contributed by atoms with Gasteiger partial charge in [0.1, 0.15) is 4.92 Å². The van der Waals surface area contributed by atoms with Gasteiger partial charge in [0.25, 0.3) is 5.91 Å². The van der Waals surface area contributed by atoms with E-state index in [9.17, 15) is 14.9 Å². The molecule has 2 unspecified atom stereocenters. The molecule has 7 heteroatoms. The monoisotopic (exact) mass is 265 g/mol. The molecule has 0 aromatic carbocycles. The van der Waals surface area contributed by atoms with Crippen LogP contribution in [0.2, 0.25) is 0 Å². The molecule has 2 fully saturated rings. The zero-order chi connectivity index (χ0) is 13.4. The molecule has 2 aliphatic heterocycles. The van der Waals surface area contributed by atoms with E-state index in [4.69, 9.17) is 4.42 Å². The van der Waals surface area contributed by atoms with Crippen LogP contribution in [0.25, 0.3) is 0 Å². The van der Waals surface area contributed by atoms with Crippen molar-refractivity contribution in [2.24, 2.45) is 0 Å². The first-order valence-corrected chi connectivity index (χ1v) is 6.43. The van der Waals surface area contributed by atoms with Gasteiger partial charge in [0.05, 0.1) is 6.07 Å². The molecule has 3 rings (SSSR count). The summed E-state index contributed by atoms with van der Waals surface area (Å²) in [7, 11) is 0. The molecule has 0 aliphatic carbocycles. The first-order valence-electron chi connectivity index (χ1n) is 6.43. The van der Waals surface area contributed by atoms with Gasteiger partial charge < -0.3 is 15.1 Å². The third-order valence-electron chi connectivity index (χ3n) is 3.80. The van der Waals surface area contributed by atoms with Crippen LogP contribution >= 0.6 is 0 Å². The standard InChI is InChI=1S/C12H15N3O4/c16-12(10-3-4-11(19-10)15(17)18)14-9-5-7-1-2-8(6-9)13-7/h3-4,7-9,13H,1-2,5-6H2,(H,14,16). The molecule has 2 N–H and O–H groups in total. The number of piperidine rings is 1. The molecule has 1 aromatic rings. The Morgan fingerprint density at radius 1 is 1.37 bits per heavy atom. The topological polar surface area (TPSA) is 97.4 Å². The normalized spacial score (nSPS) is 29.2. The van der Waals surface area contributed by atoms with E-state index >= 15 is 0 Å². The van der Waals surface area contributed by atoms with Gasteiger partial charge in [-0.2, -0.15) is 0 Å². The lowest BCUT2D eigenvalue weighted by Gasteiger charge is -2.29. The Kier molecular flexibility index (Phi) is 2.98. The van der Waals surface area contributed by atoms with Crippen molar-refractivity contribution >= 4 is 11.8 Å². The van der Waals surface area contributed by atoms with Crippen LogP contribution in [-0.4, -0.2) is 29.0 Å². The second-order valence-corrected chi connectivity index (χ2v) is 5.17. The molecule has 2 atom stereocenters. The van der Waals surface area contributed by atoms with Gasteiger partial charge in [-0.05, 0) is 31.7 Å². The molecule has 2 saturated heterocycles. The van der Waals surface area contributed by atoms with Crippen molar-refractivity contribution in [3.63, 3.8) is 0 Å². The van der Waals surface area contributed by atoms with E-state index in [0.717, 1.165) is 25.7 Å². The van der Waals surface area contributed by atoms with Gasteiger partial charge in [0.2, 0.25) is 0 Å². The van der Waals surface area contributed by atoms with Crippen LogP contribution in [0.4, 0.5) is 5.88 Å². The number of carbonyl (C=O) groups is 1. The van der Waals surface area contributed by atoms with E-state index < -0.39 is 10.8 Å². The van der Waals surface area contributed by atoms with E-state index in [1.165, 1.54) is 12.1 Å².